The molecule has 0 bridgehead atoms. The van der Waals surface area contributed by atoms with E-state index in [0.29, 0.717) is 0 Å². The smallest absolute Gasteiger partial charge is 0.192 e. The predicted molar refractivity (Wildman–Crippen MR) is 74.7 cm³/mol. The fourth-order valence-corrected chi connectivity index (χ4v) is 2.92. The molecule has 0 aliphatic rings. The molecule has 0 unspecified atom stereocenters. The van der Waals surface area contributed by atoms with Gasteiger partial charge in [-0.15, -0.1) is 0 Å². The van der Waals surface area contributed by atoms with Crippen LogP contribution in [0.25, 0.3) is 0 Å². The van der Waals surface area contributed by atoms with E-state index in [1.165, 1.54) is 0 Å². The van der Waals surface area contributed by atoms with Crippen molar-refractivity contribution in [2.45, 2.75) is 70.7 Å². The summed E-state index contributed by atoms with van der Waals surface area (Å²) in [7, 11) is -1.73. The van der Waals surface area contributed by atoms with Gasteiger partial charge in [-0.2, -0.15) is 0 Å². The molecule has 0 aliphatic carbocycles. The van der Waals surface area contributed by atoms with Crippen molar-refractivity contribution in [1.82, 2.24) is 0 Å². The summed E-state index contributed by atoms with van der Waals surface area (Å²) in [6, 6.07) is 0. The maximum absolute atomic E-state index is 8.91. The van der Waals surface area contributed by atoms with Crippen molar-refractivity contribution in [2.75, 3.05) is 13.2 Å². The first-order valence-corrected chi connectivity index (χ1v) is 9.55. The second-order valence-electron chi connectivity index (χ2n) is 6.23. The Kier molecular flexibility index (Phi) is 7.56. The van der Waals surface area contributed by atoms with Crippen LogP contribution in [0, 0.1) is 0 Å². The molecule has 0 heterocycles. The standard InChI is InChI=1S/C13H30O3Si/c1-13(2,3)17(4,5)16-12(8-6-10-14)9-7-11-15/h12,14-15H,6-11H2,1-5H3. The van der Waals surface area contributed by atoms with Gasteiger partial charge in [0.1, 0.15) is 0 Å². The summed E-state index contributed by atoms with van der Waals surface area (Å²) in [6.45, 7) is 11.6. The van der Waals surface area contributed by atoms with Crippen molar-refractivity contribution in [2.24, 2.45) is 0 Å². The predicted octanol–water partition coefficient (Wildman–Crippen LogP) is 2.92. The molecule has 2 N–H and O–H groups in total. The minimum absolute atomic E-state index is 0.190. The highest BCUT2D eigenvalue weighted by Gasteiger charge is 2.38. The van der Waals surface area contributed by atoms with E-state index < -0.39 is 8.32 Å². The zero-order valence-corrected chi connectivity index (χ0v) is 13.1. The summed E-state index contributed by atoms with van der Waals surface area (Å²) in [5.74, 6) is 0. The van der Waals surface area contributed by atoms with Gasteiger partial charge in [0, 0.05) is 19.3 Å². The molecule has 17 heavy (non-hydrogen) atoms. The van der Waals surface area contributed by atoms with Gasteiger partial charge in [0.2, 0.25) is 0 Å². The molecule has 0 radical (unpaired) electrons. The average molecular weight is 262 g/mol. The Morgan fingerprint density at radius 2 is 1.41 bits per heavy atom. The molecule has 0 aromatic rings. The molecule has 0 spiro atoms. The number of rotatable bonds is 8. The third kappa shape index (κ3) is 6.55. The molecule has 0 rings (SSSR count). The van der Waals surface area contributed by atoms with Crippen LogP contribution in [0.5, 0.6) is 0 Å². The Balaban J connectivity index is 4.39. The fraction of sp³-hybridized carbons (Fsp3) is 1.00. The lowest BCUT2D eigenvalue weighted by Gasteiger charge is -2.39. The van der Waals surface area contributed by atoms with E-state index in [9.17, 15) is 0 Å². The van der Waals surface area contributed by atoms with E-state index >= 15 is 0 Å². The van der Waals surface area contributed by atoms with Crippen LogP contribution in [0.4, 0.5) is 0 Å². The third-order valence-corrected chi connectivity index (χ3v) is 8.17. The van der Waals surface area contributed by atoms with Crippen LogP contribution < -0.4 is 0 Å². The number of aliphatic hydroxyl groups excluding tert-OH is 2. The molecule has 3 nitrogen and oxygen atoms in total. The Morgan fingerprint density at radius 1 is 1.00 bits per heavy atom. The monoisotopic (exact) mass is 262 g/mol. The molecule has 104 valence electrons. The van der Waals surface area contributed by atoms with Gasteiger partial charge in [-0.25, -0.2) is 0 Å². The molecule has 0 saturated heterocycles. The maximum Gasteiger partial charge on any atom is 0.192 e. The van der Waals surface area contributed by atoms with Crippen LogP contribution >= 0.6 is 0 Å². The zero-order valence-electron chi connectivity index (χ0n) is 12.1. The summed E-state index contributed by atoms with van der Waals surface area (Å²) in [5, 5.41) is 18.0. The van der Waals surface area contributed by atoms with Gasteiger partial charge in [-0.1, -0.05) is 20.8 Å². The molecule has 0 aliphatic heterocycles. The van der Waals surface area contributed by atoms with Crippen molar-refractivity contribution >= 4 is 8.32 Å². The van der Waals surface area contributed by atoms with Gasteiger partial charge in [0.25, 0.3) is 0 Å². The van der Waals surface area contributed by atoms with Crippen LogP contribution in [0.2, 0.25) is 18.1 Å². The summed E-state index contributed by atoms with van der Waals surface area (Å²) in [6.07, 6.45) is 3.54. The van der Waals surface area contributed by atoms with Gasteiger partial charge >= 0.3 is 0 Å². The molecule has 0 fully saturated rings. The topological polar surface area (TPSA) is 49.7 Å². The first-order chi connectivity index (χ1) is 7.74. The number of hydrogen-bond donors (Lipinski definition) is 2. The fourth-order valence-electron chi connectivity index (χ4n) is 1.49. The Morgan fingerprint density at radius 3 is 1.71 bits per heavy atom. The highest BCUT2D eigenvalue weighted by Crippen LogP contribution is 2.38. The average Bonchev–Trinajstić information content (AvgIpc) is 2.20. The number of aliphatic hydroxyl groups is 2. The highest BCUT2D eigenvalue weighted by molar-refractivity contribution is 6.74. The minimum atomic E-state index is -1.73. The molecular formula is C13H30O3Si. The second kappa shape index (κ2) is 7.51. The SMILES string of the molecule is CC(C)(C)[Si](C)(C)OC(CCCO)CCCO. The first-order valence-electron chi connectivity index (χ1n) is 6.64. The van der Waals surface area contributed by atoms with Crippen molar-refractivity contribution in [3.63, 3.8) is 0 Å². The van der Waals surface area contributed by atoms with Gasteiger partial charge < -0.3 is 14.6 Å². The normalized spacial score (nSPS) is 13.4. The summed E-state index contributed by atoms with van der Waals surface area (Å²) < 4.78 is 6.32. The van der Waals surface area contributed by atoms with Gasteiger partial charge in [-0.3, -0.25) is 0 Å². The molecule has 4 heteroatoms. The quantitative estimate of drug-likeness (QED) is 0.661. The second-order valence-corrected chi connectivity index (χ2v) is 11.0. The summed E-state index contributed by atoms with van der Waals surface area (Å²) in [5.41, 5.74) is 0. The lowest BCUT2D eigenvalue weighted by atomic mass is 10.1. The number of hydrogen-bond acceptors (Lipinski definition) is 3. The molecule has 0 saturated carbocycles. The molecule has 0 aromatic carbocycles. The van der Waals surface area contributed by atoms with Gasteiger partial charge in [-0.05, 0) is 43.8 Å². The van der Waals surface area contributed by atoms with E-state index in [1.54, 1.807) is 0 Å². The Bertz CT molecular complexity index is 191. The Labute approximate surface area is 107 Å². The maximum atomic E-state index is 8.91. The lowest BCUT2D eigenvalue weighted by molar-refractivity contribution is 0.136. The summed E-state index contributed by atoms with van der Waals surface area (Å²) >= 11 is 0. The van der Waals surface area contributed by atoms with E-state index in [2.05, 4.69) is 33.9 Å². The van der Waals surface area contributed by atoms with Crippen molar-refractivity contribution in [3.05, 3.63) is 0 Å². The van der Waals surface area contributed by atoms with E-state index in [1.807, 2.05) is 0 Å². The first kappa shape index (κ1) is 17.1. The highest BCUT2D eigenvalue weighted by atomic mass is 28.4. The molecule has 0 amide bonds. The minimum Gasteiger partial charge on any atom is -0.414 e. The van der Waals surface area contributed by atoms with Crippen molar-refractivity contribution < 1.29 is 14.6 Å². The molecule has 0 aromatic heterocycles. The van der Waals surface area contributed by atoms with Crippen LogP contribution in [-0.2, 0) is 4.43 Å². The van der Waals surface area contributed by atoms with Crippen molar-refractivity contribution in [3.8, 4) is 0 Å². The van der Waals surface area contributed by atoms with E-state index in [0.717, 1.165) is 25.7 Å². The zero-order chi connectivity index (χ0) is 13.5. The van der Waals surface area contributed by atoms with Crippen molar-refractivity contribution in [1.29, 1.82) is 0 Å². The van der Waals surface area contributed by atoms with Crippen LogP contribution in [0.1, 0.15) is 46.5 Å². The molecular weight excluding hydrogens is 232 g/mol. The van der Waals surface area contributed by atoms with Crippen LogP contribution in [-0.4, -0.2) is 37.8 Å². The lowest BCUT2D eigenvalue weighted by Crippen LogP contribution is -2.44. The van der Waals surface area contributed by atoms with Gasteiger partial charge in [0.15, 0.2) is 8.32 Å². The van der Waals surface area contributed by atoms with E-state index in [-0.39, 0.29) is 24.4 Å². The Hall–Kier alpha value is 0.0969. The molecule has 0 atom stereocenters. The van der Waals surface area contributed by atoms with Gasteiger partial charge in [0.05, 0.1) is 0 Å². The van der Waals surface area contributed by atoms with Crippen LogP contribution in [0.3, 0.4) is 0 Å². The van der Waals surface area contributed by atoms with E-state index in [4.69, 9.17) is 14.6 Å². The largest absolute Gasteiger partial charge is 0.414 e. The van der Waals surface area contributed by atoms with Crippen LogP contribution in [0.15, 0.2) is 0 Å². The third-order valence-electron chi connectivity index (χ3n) is 3.64. The summed E-state index contributed by atoms with van der Waals surface area (Å²) in [4.78, 5) is 0.